The molecule has 0 aromatic heterocycles. The highest BCUT2D eigenvalue weighted by molar-refractivity contribution is 5.94. The minimum absolute atomic E-state index is 0.0608. The van der Waals surface area contributed by atoms with Crippen molar-refractivity contribution in [3.63, 3.8) is 0 Å². The average Bonchev–Trinajstić information content (AvgIpc) is 3.08. The topological polar surface area (TPSA) is 59.6 Å². The van der Waals surface area contributed by atoms with Crippen LogP contribution in [-0.4, -0.2) is 39.3 Å². The summed E-state index contributed by atoms with van der Waals surface area (Å²) in [6.07, 6.45) is 4.31. The Morgan fingerprint density at radius 3 is 2.96 bits per heavy atom. The summed E-state index contributed by atoms with van der Waals surface area (Å²) in [5.41, 5.74) is 0.606. The summed E-state index contributed by atoms with van der Waals surface area (Å²) >= 11 is 0. The molecule has 1 fully saturated rings. The number of unbranched alkanes of at least 4 members (excludes halogenated alkanes) is 1. The van der Waals surface area contributed by atoms with Gasteiger partial charge in [0.2, 0.25) is 0 Å². The normalized spacial score (nSPS) is 17.0. The first kappa shape index (κ1) is 17.6. The SMILES string of the molecule is CCCCOc1ccc(C(=O)NCCC2CCNC2)cc1OC. The van der Waals surface area contributed by atoms with Crippen LogP contribution in [-0.2, 0) is 0 Å². The molecule has 0 bridgehead atoms. The molecule has 2 N–H and O–H groups in total. The molecular weight excluding hydrogens is 292 g/mol. The molecule has 128 valence electrons. The van der Waals surface area contributed by atoms with E-state index in [0.717, 1.165) is 32.4 Å². The van der Waals surface area contributed by atoms with Crippen LogP contribution in [0.3, 0.4) is 0 Å². The summed E-state index contributed by atoms with van der Waals surface area (Å²) in [5, 5.41) is 6.33. The largest absolute Gasteiger partial charge is 0.493 e. The Morgan fingerprint density at radius 1 is 1.39 bits per heavy atom. The second-order valence-corrected chi connectivity index (χ2v) is 5.97. The van der Waals surface area contributed by atoms with E-state index in [1.807, 2.05) is 6.07 Å². The third kappa shape index (κ3) is 5.43. The quantitative estimate of drug-likeness (QED) is 0.687. The van der Waals surface area contributed by atoms with Gasteiger partial charge in [-0.25, -0.2) is 0 Å². The lowest BCUT2D eigenvalue weighted by molar-refractivity contribution is 0.0951. The fourth-order valence-electron chi connectivity index (χ4n) is 2.71. The van der Waals surface area contributed by atoms with Crippen molar-refractivity contribution in [1.29, 1.82) is 0 Å². The zero-order valence-electron chi connectivity index (χ0n) is 14.2. The molecule has 1 amide bonds. The van der Waals surface area contributed by atoms with E-state index in [9.17, 15) is 4.79 Å². The van der Waals surface area contributed by atoms with Gasteiger partial charge in [-0.3, -0.25) is 4.79 Å². The number of hydrogen-bond acceptors (Lipinski definition) is 4. The number of carbonyl (C=O) groups excluding carboxylic acids is 1. The maximum absolute atomic E-state index is 12.2. The van der Waals surface area contributed by atoms with E-state index < -0.39 is 0 Å². The standard InChI is InChI=1S/C18H28N2O3/c1-3-4-11-23-16-6-5-15(12-17(16)22-2)18(21)20-10-8-14-7-9-19-13-14/h5-6,12,14,19H,3-4,7-11,13H2,1-2H3,(H,20,21). The molecule has 1 aliphatic rings. The number of rotatable bonds is 9. The number of amides is 1. The molecule has 1 aliphatic heterocycles. The maximum Gasteiger partial charge on any atom is 0.251 e. The van der Waals surface area contributed by atoms with Gasteiger partial charge in [-0.2, -0.15) is 0 Å². The number of carbonyl (C=O) groups is 1. The van der Waals surface area contributed by atoms with E-state index in [1.54, 1.807) is 19.2 Å². The van der Waals surface area contributed by atoms with Crippen molar-refractivity contribution < 1.29 is 14.3 Å². The number of nitrogens with one attached hydrogen (secondary N) is 2. The molecule has 0 spiro atoms. The molecule has 1 aromatic rings. The van der Waals surface area contributed by atoms with Crippen LogP contribution in [0.5, 0.6) is 11.5 Å². The molecule has 0 radical (unpaired) electrons. The average molecular weight is 320 g/mol. The van der Waals surface area contributed by atoms with Gasteiger partial charge in [0.15, 0.2) is 11.5 Å². The molecule has 23 heavy (non-hydrogen) atoms. The molecule has 5 heteroatoms. The van der Waals surface area contributed by atoms with Crippen molar-refractivity contribution in [3.8, 4) is 11.5 Å². The Balaban J connectivity index is 1.86. The lowest BCUT2D eigenvalue weighted by atomic mass is 10.1. The van der Waals surface area contributed by atoms with E-state index in [-0.39, 0.29) is 5.91 Å². The summed E-state index contributed by atoms with van der Waals surface area (Å²) < 4.78 is 11.0. The van der Waals surface area contributed by atoms with Gasteiger partial charge in [-0.05, 0) is 56.5 Å². The Hall–Kier alpha value is -1.75. The highest BCUT2D eigenvalue weighted by Crippen LogP contribution is 2.28. The molecule has 1 atom stereocenters. The van der Waals surface area contributed by atoms with Crippen molar-refractivity contribution >= 4 is 5.91 Å². The monoisotopic (exact) mass is 320 g/mol. The first-order valence-corrected chi connectivity index (χ1v) is 8.54. The Bertz CT molecular complexity index is 499. The number of benzene rings is 1. The smallest absolute Gasteiger partial charge is 0.251 e. The first-order valence-electron chi connectivity index (χ1n) is 8.54. The van der Waals surface area contributed by atoms with E-state index in [4.69, 9.17) is 9.47 Å². The van der Waals surface area contributed by atoms with Crippen LogP contribution < -0.4 is 20.1 Å². The van der Waals surface area contributed by atoms with Crippen molar-refractivity contribution in [2.24, 2.45) is 5.92 Å². The van der Waals surface area contributed by atoms with Crippen LogP contribution in [0.4, 0.5) is 0 Å². The van der Waals surface area contributed by atoms with Crippen LogP contribution in [0.15, 0.2) is 18.2 Å². The van der Waals surface area contributed by atoms with E-state index in [2.05, 4.69) is 17.6 Å². The fraction of sp³-hybridized carbons (Fsp3) is 0.611. The Morgan fingerprint density at radius 2 is 2.26 bits per heavy atom. The second kappa shape index (κ2) is 9.40. The lowest BCUT2D eigenvalue weighted by Gasteiger charge is -2.13. The maximum atomic E-state index is 12.2. The van der Waals surface area contributed by atoms with E-state index >= 15 is 0 Å². The van der Waals surface area contributed by atoms with Crippen LogP contribution in [0.1, 0.15) is 43.0 Å². The molecule has 2 rings (SSSR count). The highest BCUT2D eigenvalue weighted by Gasteiger charge is 2.15. The van der Waals surface area contributed by atoms with Gasteiger partial charge in [0, 0.05) is 12.1 Å². The number of hydrogen-bond donors (Lipinski definition) is 2. The van der Waals surface area contributed by atoms with Crippen LogP contribution >= 0.6 is 0 Å². The van der Waals surface area contributed by atoms with Crippen molar-refractivity contribution in [3.05, 3.63) is 23.8 Å². The van der Waals surface area contributed by atoms with Crippen molar-refractivity contribution in [1.82, 2.24) is 10.6 Å². The summed E-state index contributed by atoms with van der Waals surface area (Å²) in [5.74, 6) is 1.91. The van der Waals surface area contributed by atoms with Gasteiger partial charge in [-0.1, -0.05) is 13.3 Å². The summed E-state index contributed by atoms with van der Waals surface area (Å²) in [4.78, 5) is 12.2. The lowest BCUT2D eigenvalue weighted by Crippen LogP contribution is -2.26. The minimum atomic E-state index is -0.0608. The van der Waals surface area contributed by atoms with Crippen molar-refractivity contribution in [2.75, 3.05) is 33.4 Å². The first-order chi connectivity index (χ1) is 11.2. The summed E-state index contributed by atoms with van der Waals surface area (Å²) in [6.45, 7) is 5.65. The van der Waals surface area contributed by atoms with Gasteiger partial charge in [0.25, 0.3) is 5.91 Å². The zero-order valence-corrected chi connectivity index (χ0v) is 14.2. The predicted octanol–water partition coefficient (Wildman–Crippen LogP) is 2.60. The molecule has 1 aromatic carbocycles. The molecule has 1 heterocycles. The van der Waals surface area contributed by atoms with Gasteiger partial charge < -0.3 is 20.1 Å². The molecule has 1 saturated heterocycles. The Kier molecular flexibility index (Phi) is 7.20. The third-order valence-corrected chi connectivity index (χ3v) is 4.18. The molecule has 0 aliphatic carbocycles. The molecule has 1 unspecified atom stereocenters. The van der Waals surface area contributed by atoms with E-state index in [0.29, 0.717) is 36.1 Å². The second-order valence-electron chi connectivity index (χ2n) is 5.97. The van der Waals surface area contributed by atoms with Crippen LogP contribution in [0.2, 0.25) is 0 Å². The highest BCUT2D eigenvalue weighted by atomic mass is 16.5. The molecular formula is C18H28N2O3. The summed E-state index contributed by atoms with van der Waals surface area (Å²) in [7, 11) is 1.59. The summed E-state index contributed by atoms with van der Waals surface area (Å²) in [6, 6.07) is 5.34. The molecule has 0 saturated carbocycles. The van der Waals surface area contributed by atoms with Crippen molar-refractivity contribution in [2.45, 2.75) is 32.6 Å². The predicted molar refractivity (Wildman–Crippen MR) is 91.3 cm³/mol. The van der Waals surface area contributed by atoms with Crippen LogP contribution in [0, 0.1) is 5.92 Å². The fourth-order valence-corrected chi connectivity index (χ4v) is 2.71. The number of methoxy groups -OCH3 is 1. The molecule has 5 nitrogen and oxygen atoms in total. The van der Waals surface area contributed by atoms with Gasteiger partial charge >= 0.3 is 0 Å². The van der Waals surface area contributed by atoms with E-state index in [1.165, 1.54) is 6.42 Å². The zero-order chi connectivity index (χ0) is 16.5. The third-order valence-electron chi connectivity index (χ3n) is 4.18. The van der Waals surface area contributed by atoms with Gasteiger partial charge in [-0.15, -0.1) is 0 Å². The Labute approximate surface area is 138 Å². The van der Waals surface area contributed by atoms with Crippen LogP contribution in [0.25, 0.3) is 0 Å². The van der Waals surface area contributed by atoms with Gasteiger partial charge in [0.1, 0.15) is 0 Å². The minimum Gasteiger partial charge on any atom is -0.493 e. The number of ether oxygens (including phenoxy) is 2. The van der Waals surface area contributed by atoms with Gasteiger partial charge in [0.05, 0.1) is 13.7 Å².